The summed E-state index contributed by atoms with van der Waals surface area (Å²) in [5.41, 5.74) is -4.40. The third-order valence-electron chi connectivity index (χ3n) is 5.69. The van der Waals surface area contributed by atoms with E-state index in [1.807, 2.05) is 6.07 Å². The Bertz CT molecular complexity index is 1470. The summed E-state index contributed by atoms with van der Waals surface area (Å²) in [5, 5.41) is 19.6. The van der Waals surface area contributed by atoms with Crippen molar-refractivity contribution >= 4 is 29.0 Å². The second-order valence-electron chi connectivity index (χ2n) is 7.93. The van der Waals surface area contributed by atoms with Gasteiger partial charge in [-0.05, 0) is 23.8 Å². The molecule has 1 fully saturated rings. The number of halogens is 5. The molecule has 0 spiro atoms. The van der Waals surface area contributed by atoms with Gasteiger partial charge in [0.1, 0.15) is 23.8 Å². The Kier molecular flexibility index (Phi) is 6.64. The molecule has 0 bridgehead atoms. The van der Waals surface area contributed by atoms with Crippen LogP contribution in [0.3, 0.4) is 0 Å². The van der Waals surface area contributed by atoms with Crippen molar-refractivity contribution in [2.24, 2.45) is 0 Å². The predicted octanol–water partition coefficient (Wildman–Crippen LogP) is 3.24. The van der Waals surface area contributed by atoms with E-state index in [-0.39, 0.29) is 45.6 Å². The standard InChI is InChI=1S/C22H16Cl2F3N5O3/c23-13-8-14(10-29-9-13)32-19(33)17(12-1-2-16(25)15(24)7-12)18(31(6-4-28)21(32)34)30-5-3-22(35,11-30)20(26)27/h1-2,7-10,20,35H,3,5-6,11H2/t22-/m0/s1. The summed E-state index contributed by atoms with van der Waals surface area (Å²) in [4.78, 5) is 32.3. The summed E-state index contributed by atoms with van der Waals surface area (Å²) in [5.74, 6) is -0.943. The van der Waals surface area contributed by atoms with Gasteiger partial charge in [0.25, 0.3) is 12.0 Å². The summed E-state index contributed by atoms with van der Waals surface area (Å²) in [7, 11) is 0. The van der Waals surface area contributed by atoms with E-state index in [4.69, 9.17) is 23.2 Å². The second-order valence-corrected chi connectivity index (χ2v) is 8.78. The zero-order chi connectivity index (χ0) is 25.5. The first-order valence-corrected chi connectivity index (χ1v) is 10.9. The maximum atomic E-state index is 13.9. The van der Waals surface area contributed by atoms with Crippen molar-refractivity contribution in [3.05, 3.63) is 73.4 Å². The second kappa shape index (κ2) is 9.37. The fraction of sp³-hybridized carbons (Fsp3) is 0.273. The van der Waals surface area contributed by atoms with Gasteiger partial charge in [0, 0.05) is 19.2 Å². The van der Waals surface area contributed by atoms with Gasteiger partial charge in [0.15, 0.2) is 0 Å². The Balaban J connectivity index is 2.10. The number of hydrogen-bond donors (Lipinski definition) is 1. The fourth-order valence-corrected chi connectivity index (χ4v) is 4.36. The summed E-state index contributed by atoms with van der Waals surface area (Å²) >= 11 is 11.9. The number of hydrogen-bond acceptors (Lipinski definition) is 6. The molecule has 0 amide bonds. The van der Waals surface area contributed by atoms with Gasteiger partial charge >= 0.3 is 5.69 Å². The number of rotatable bonds is 5. The lowest BCUT2D eigenvalue weighted by molar-refractivity contribution is -0.0801. The van der Waals surface area contributed by atoms with E-state index in [2.05, 4.69) is 4.98 Å². The molecule has 1 N–H and O–H groups in total. The molecule has 35 heavy (non-hydrogen) atoms. The van der Waals surface area contributed by atoms with Crippen LogP contribution in [-0.4, -0.2) is 44.3 Å². The topological polar surface area (TPSA) is 104 Å². The van der Waals surface area contributed by atoms with Gasteiger partial charge in [-0.2, -0.15) is 5.26 Å². The average Bonchev–Trinajstić information content (AvgIpc) is 3.21. The van der Waals surface area contributed by atoms with Crippen LogP contribution in [0.5, 0.6) is 0 Å². The minimum Gasteiger partial charge on any atom is -0.382 e. The highest BCUT2D eigenvalue weighted by atomic mass is 35.5. The van der Waals surface area contributed by atoms with Crippen LogP contribution < -0.4 is 16.1 Å². The maximum Gasteiger partial charge on any atom is 0.338 e. The van der Waals surface area contributed by atoms with Crippen molar-refractivity contribution in [3.8, 4) is 22.9 Å². The maximum absolute atomic E-state index is 13.9. The van der Waals surface area contributed by atoms with Crippen LogP contribution in [-0.2, 0) is 6.54 Å². The molecule has 4 rings (SSSR count). The van der Waals surface area contributed by atoms with Crippen molar-refractivity contribution in [1.82, 2.24) is 14.1 Å². The number of aromatic nitrogens is 3. The number of aliphatic hydroxyl groups is 1. The van der Waals surface area contributed by atoms with Gasteiger partial charge in [-0.25, -0.2) is 22.5 Å². The van der Waals surface area contributed by atoms with Gasteiger partial charge in [-0.3, -0.25) is 14.3 Å². The number of pyridine rings is 1. The molecule has 3 aromatic rings. The lowest BCUT2D eigenvalue weighted by atomic mass is 10.0. The van der Waals surface area contributed by atoms with Gasteiger partial charge in [0.2, 0.25) is 0 Å². The first-order valence-electron chi connectivity index (χ1n) is 10.2. The largest absolute Gasteiger partial charge is 0.382 e. The van der Waals surface area contributed by atoms with E-state index in [1.54, 1.807) is 0 Å². The molecule has 0 aliphatic carbocycles. The molecule has 0 unspecified atom stereocenters. The van der Waals surface area contributed by atoms with E-state index < -0.39 is 42.2 Å². The van der Waals surface area contributed by atoms with Gasteiger partial charge < -0.3 is 10.0 Å². The van der Waals surface area contributed by atoms with E-state index in [1.165, 1.54) is 29.4 Å². The minimum atomic E-state index is -3.09. The van der Waals surface area contributed by atoms with E-state index in [9.17, 15) is 33.1 Å². The number of nitriles is 1. The van der Waals surface area contributed by atoms with E-state index in [0.717, 1.165) is 21.3 Å². The molecule has 182 valence electrons. The Hall–Kier alpha value is -3.33. The molecule has 1 aliphatic rings. The average molecular weight is 526 g/mol. The molecule has 1 aromatic carbocycles. The molecular formula is C22H16Cl2F3N5O3. The van der Waals surface area contributed by atoms with Crippen LogP contribution in [0.15, 0.2) is 46.2 Å². The number of benzene rings is 1. The molecule has 0 saturated carbocycles. The van der Waals surface area contributed by atoms with E-state index in [0.29, 0.717) is 0 Å². The monoisotopic (exact) mass is 525 g/mol. The zero-order valence-electron chi connectivity index (χ0n) is 17.8. The first kappa shape index (κ1) is 24.8. The number of nitrogens with zero attached hydrogens (tertiary/aromatic N) is 5. The molecule has 3 heterocycles. The smallest absolute Gasteiger partial charge is 0.338 e. The SMILES string of the molecule is N#CCn1c(N2CC[C@@](O)(C(F)F)C2)c(-c2ccc(F)c(Cl)c2)c(=O)n(-c2cncc(Cl)c2)c1=O. The fourth-order valence-electron chi connectivity index (χ4n) is 4.01. The van der Waals surface area contributed by atoms with Crippen molar-refractivity contribution in [1.29, 1.82) is 5.26 Å². The zero-order valence-corrected chi connectivity index (χ0v) is 19.3. The summed E-state index contributed by atoms with van der Waals surface area (Å²) < 4.78 is 42.6. The number of β-amino-alcohol motifs (C(OH)–C–C–N with tert-alkyl or cyclic N) is 1. The predicted molar refractivity (Wildman–Crippen MR) is 123 cm³/mol. The molecule has 8 nitrogen and oxygen atoms in total. The highest BCUT2D eigenvalue weighted by molar-refractivity contribution is 6.31. The molecule has 2 aromatic heterocycles. The molecular weight excluding hydrogens is 510 g/mol. The quantitative estimate of drug-likeness (QED) is 0.548. The third kappa shape index (κ3) is 4.40. The Labute approximate surface area is 206 Å². The van der Waals surface area contributed by atoms with Crippen LogP contribution in [0.4, 0.5) is 19.0 Å². The van der Waals surface area contributed by atoms with Crippen LogP contribution in [0.2, 0.25) is 10.0 Å². The van der Waals surface area contributed by atoms with Crippen molar-refractivity contribution in [2.75, 3.05) is 18.0 Å². The molecule has 1 atom stereocenters. The Morgan fingerprint density at radius 1 is 1.23 bits per heavy atom. The normalized spacial score (nSPS) is 17.7. The van der Waals surface area contributed by atoms with Gasteiger partial charge in [0.05, 0.1) is 40.1 Å². The van der Waals surface area contributed by atoms with Crippen LogP contribution >= 0.6 is 23.2 Å². The highest BCUT2D eigenvalue weighted by Gasteiger charge is 2.45. The third-order valence-corrected chi connectivity index (χ3v) is 6.19. The number of anilines is 1. The lowest BCUT2D eigenvalue weighted by Crippen LogP contribution is -2.45. The van der Waals surface area contributed by atoms with E-state index >= 15 is 0 Å². The first-order chi connectivity index (χ1) is 16.6. The van der Waals surface area contributed by atoms with Crippen LogP contribution in [0.1, 0.15) is 6.42 Å². The lowest BCUT2D eigenvalue weighted by Gasteiger charge is -2.28. The Morgan fingerprint density at radius 3 is 2.57 bits per heavy atom. The Morgan fingerprint density at radius 2 is 1.97 bits per heavy atom. The minimum absolute atomic E-state index is 0.00861. The summed E-state index contributed by atoms with van der Waals surface area (Å²) in [6.07, 6.45) is -0.951. The van der Waals surface area contributed by atoms with Crippen molar-refractivity contribution in [2.45, 2.75) is 25.0 Å². The molecule has 1 aliphatic heterocycles. The summed E-state index contributed by atoms with van der Waals surface area (Å²) in [6, 6.07) is 6.52. The summed E-state index contributed by atoms with van der Waals surface area (Å²) in [6.45, 7) is -1.32. The van der Waals surface area contributed by atoms with Crippen molar-refractivity contribution in [3.63, 3.8) is 0 Å². The molecule has 13 heteroatoms. The van der Waals surface area contributed by atoms with Crippen LogP contribution in [0, 0.1) is 17.1 Å². The van der Waals surface area contributed by atoms with Crippen LogP contribution in [0.25, 0.3) is 16.8 Å². The number of alkyl halides is 2. The van der Waals surface area contributed by atoms with Gasteiger partial charge in [-0.1, -0.05) is 29.3 Å². The van der Waals surface area contributed by atoms with Crippen molar-refractivity contribution < 1.29 is 18.3 Å². The molecule has 1 saturated heterocycles. The van der Waals surface area contributed by atoms with Gasteiger partial charge in [-0.15, -0.1) is 0 Å². The molecule has 0 radical (unpaired) electrons. The highest BCUT2D eigenvalue weighted by Crippen LogP contribution is 2.36.